The number of carbonyl (C=O) groups excluding carboxylic acids is 1. The van der Waals surface area contributed by atoms with Gasteiger partial charge in [-0.3, -0.25) is 9.69 Å². The van der Waals surface area contributed by atoms with Crippen LogP contribution in [0.4, 0.5) is 5.69 Å². The molecule has 1 aliphatic rings. The van der Waals surface area contributed by atoms with E-state index in [9.17, 15) is 4.79 Å². The number of amides is 1. The number of halogens is 3. The lowest BCUT2D eigenvalue weighted by Gasteiger charge is -2.31. The van der Waals surface area contributed by atoms with E-state index in [0.29, 0.717) is 20.8 Å². The maximum atomic E-state index is 12.4. The number of benzene rings is 2. The van der Waals surface area contributed by atoms with Crippen LogP contribution in [0.1, 0.15) is 18.4 Å². The number of rotatable bonds is 4. The summed E-state index contributed by atoms with van der Waals surface area (Å²) in [4.78, 5) is 14.8. The van der Waals surface area contributed by atoms with Gasteiger partial charge in [0.25, 0.3) is 0 Å². The minimum atomic E-state index is 0.0151. The highest BCUT2D eigenvalue weighted by molar-refractivity contribution is 6.42. The summed E-state index contributed by atoms with van der Waals surface area (Å²) >= 11 is 18.1. The van der Waals surface area contributed by atoms with E-state index in [2.05, 4.69) is 10.2 Å². The summed E-state index contributed by atoms with van der Waals surface area (Å²) in [7, 11) is 0. The normalized spacial score (nSPS) is 16.0. The molecule has 0 unspecified atom stereocenters. The van der Waals surface area contributed by atoms with Crippen molar-refractivity contribution >= 4 is 46.4 Å². The van der Waals surface area contributed by atoms with Crippen LogP contribution < -0.4 is 5.32 Å². The van der Waals surface area contributed by atoms with Crippen LogP contribution in [0.15, 0.2) is 42.5 Å². The third-order valence-electron chi connectivity index (χ3n) is 4.48. The third-order valence-corrected chi connectivity index (χ3v) is 5.55. The number of likely N-dealkylation sites (tertiary alicyclic amines) is 1. The molecule has 3 nitrogen and oxygen atoms in total. The molecule has 1 fully saturated rings. The van der Waals surface area contributed by atoms with Crippen molar-refractivity contribution in [1.82, 2.24) is 4.90 Å². The van der Waals surface area contributed by atoms with Gasteiger partial charge in [0.05, 0.1) is 20.8 Å². The van der Waals surface area contributed by atoms with Gasteiger partial charge in [-0.1, -0.05) is 53.0 Å². The van der Waals surface area contributed by atoms with Gasteiger partial charge in [0.1, 0.15) is 0 Å². The van der Waals surface area contributed by atoms with Gasteiger partial charge in [-0.15, -0.1) is 0 Å². The molecule has 0 saturated carbocycles. The molecule has 25 heavy (non-hydrogen) atoms. The van der Waals surface area contributed by atoms with E-state index in [-0.39, 0.29) is 11.8 Å². The van der Waals surface area contributed by atoms with Crippen LogP contribution in [-0.2, 0) is 11.3 Å². The number of nitrogens with zero attached hydrogens (tertiary/aromatic N) is 1. The molecular formula is C19H19Cl3N2O. The Morgan fingerprint density at radius 3 is 2.40 bits per heavy atom. The number of carbonyl (C=O) groups is 1. The van der Waals surface area contributed by atoms with Crippen molar-refractivity contribution in [2.45, 2.75) is 19.4 Å². The molecule has 1 N–H and O–H groups in total. The molecular weight excluding hydrogens is 379 g/mol. The Bertz CT molecular complexity index is 758. The highest BCUT2D eigenvalue weighted by atomic mass is 35.5. The Balaban J connectivity index is 1.52. The lowest BCUT2D eigenvalue weighted by Crippen LogP contribution is -2.37. The molecule has 1 saturated heterocycles. The zero-order chi connectivity index (χ0) is 17.8. The summed E-state index contributed by atoms with van der Waals surface area (Å²) in [6, 6.07) is 13.0. The molecule has 0 radical (unpaired) electrons. The Hall–Kier alpha value is -1.26. The summed E-state index contributed by atoms with van der Waals surface area (Å²) in [5.41, 5.74) is 1.81. The van der Waals surface area contributed by atoms with Gasteiger partial charge < -0.3 is 5.32 Å². The highest BCUT2D eigenvalue weighted by Gasteiger charge is 2.25. The van der Waals surface area contributed by atoms with Crippen molar-refractivity contribution in [2.75, 3.05) is 18.4 Å². The van der Waals surface area contributed by atoms with Crippen molar-refractivity contribution in [2.24, 2.45) is 5.92 Å². The zero-order valence-electron chi connectivity index (χ0n) is 13.6. The molecule has 1 amide bonds. The second-order valence-corrected chi connectivity index (χ2v) is 7.49. The van der Waals surface area contributed by atoms with Crippen LogP contribution in [-0.4, -0.2) is 23.9 Å². The average molecular weight is 398 g/mol. The number of hydrogen-bond donors (Lipinski definition) is 1. The van der Waals surface area contributed by atoms with Gasteiger partial charge in [-0.05, 0) is 55.8 Å². The van der Waals surface area contributed by atoms with Crippen molar-refractivity contribution in [3.05, 3.63) is 63.1 Å². The van der Waals surface area contributed by atoms with E-state index in [0.717, 1.165) is 38.0 Å². The maximum absolute atomic E-state index is 12.4. The maximum Gasteiger partial charge on any atom is 0.227 e. The number of piperidine rings is 1. The minimum Gasteiger partial charge on any atom is -0.325 e. The largest absolute Gasteiger partial charge is 0.325 e. The van der Waals surface area contributed by atoms with Gasteiger partial charge >= 0.3 is 0 Å². The van der Waals surface area contributed by atoms with Crippen molar-refractivity contribution in [3.8, 4) is 0 Å². The smallest absolute Gasteiger partial charge is 0.227 e. The minimum absolute atomic E-state index is 0.0151. The molecule has 0 aromatic heterocycles. The second-order valence-electron chi connectivity index (χ2n) is 6.27. The molecule has 0 bridgehead atoms. The quantitative estimate of drug-likeness (QED) is 0.739. The van der Waals surface area contributed by atoms with Gasteiger partial charge in [0.2, 0.25) is 5.91 Å². The second kappa shape index (κ2) is 8.41. The van der Waals surface area contributed by atoms with E-state index >= 15 is 0 Å². The first-order chi connectivity index (χ1) is 12.0. The molecule has 132 valence electrons. The van der Waals surface area contributed by atoms with Crippen LogP contribution in [0.25, 0.3) is 0 Å². The first kappa shape index (κ1) is 18.5. The Morgan fingerprint density at radius 1 is 1.00 bits per heavy atom. The Kier molecular flexibility index (Phi) is 6.24. The highest BCUT2D eigenvalue weighted by Crippen LogP contribution is 2.26. The molecule has 2 aromatic carbocycles. The fourth-order valence-corrected chi connectivity index (χ4v) is 3.55. The number of nitrogens with one attached hydrogen (secondary N) is 1. The first-order valence-electron chi connectivity index (χ1n) is 8.24. The summed E-state index contributed by atoms with van der Waals surface area (Å²) in [5.74, 6) is 0.0589. The van der Waals surface area contributed by atoms with Crippen LogP contribution in [0.3, 0.4) is 0 Å². The molecule has 6 heteroatoms. The summed E-state index contributed by atoms with van der Waals surface area (Å²) in [6.07, 6.45) is 1.66. The molecule has 3 rings (SSSR count). The van der Waals surface area contributed by atoms with Gasteiger partial charge in [0, 0.05) is 12.5 Å². The Morgan fingerprint density at radius 2 is 1.72 bits per heavy atom. The molecule has 0 atom stereocenters. The third kappa shape index (κ3) is 4.89. The molecule has 0 spiro atoms. The topological polar surface area (TPSA) is 32.3 Å². The monoisotopic (exact) mass is 396 g/mol. The van der Waals surface area contributed by atoms with Crippen LogP contribution in [0.5, 0.6) is 0 Å². The van der Waals surface area contributed by atoms with E-state index in [1.165, 1.54) is 0 Å². The average Bonchev–Trinajstić information content (AvgIpc) is 2.61. The van der Waals surface area contributed by atoms with Gasteiger partial charge in [-0.25, -0.2) is 0 Å². The van der Waals surface area contributed by atoms with Crippen molar-refractivity contribution in [3.63, 3.8) is 0 Å². The first-order valence-corrected chi connectivity index (χ1v) is 9.38. The Labute approximate surface area is 162 Å². The molecule has 0 aliphatic carbocycles. The SMILES string of the molecule is O=C(Nc1ccccc1Cl)C1CCN(Cc2ccc(Cl)c(Cl)c2)CC1. The summed E-state index contributed by atoms with van der Waals surface area (Å²) < 4.78 is 0. The predicted octanol–water partition coefficient (Wildman–Crippen LogP) is 5.50. The van der Waals surface area contributed by atoms with E-state index in [4.69, 9.17) is 34.8 Å². The summed E-state index contributed by atoms with van der Waals surface area (Å²) in [5, 5.41) is 4.65. The van der Waals surface area contributed by atoms with E-state index in [1.54, 1.807) is 6.07 Å². The van der Waals surface area contributed by atoms with Crippen molar-refractivity contribution in [1.29, 1.82) is 0 Å². The fourth-order valence-electron chi connectivity index (χ4n) is 3.05. The molecule has 1 heterocycles. The number of hydrogen-bond acceptors (Lipinski definition) is 2. The van der Waals surface area contributed by atoms with E-state index in [1.807, 2.05) is 36.4 Å². The van der Waals surface area contributed by atoms with Crippen LogP contribution >= 0.6 is 34.8 Å². The number of para-hydroxylation sites is 1. The standard InChI is InChI=1S/C19H19Cl3N2O/c20-15-6-5-13(11-17(15)22)12-24-9-7-14(8-10-24)19(25)23-18-4-2-1-3-16(18)21/h1-6,11,14H,7-10,12H2,(H,23,25). The molecule has 2 aromatic rings. The summed E-state index contributed by atoms with van der Waals surface area (Å²) in [6.45, 7) is 2.57. The predicted molar refractivity (Wildman–Crippen MR) is 105 cm³/mol. The lowest BCUT2D eigenvalue weighted by atomic mass is 9.95. The number of anilines is 1. The van der Waals surface area contributed by atoms with Crippen LogP contribution in [0, 0.1) is 5.92 Å². The fraction of sp³-hybridized carbons (Fsp3) is 0.316. The van der Waals surface area contributed by atoms with Crippen molar-refractivity contribution < 1.29 is 4.79 Å². The van der Waals surface area contributed by atoms with Gasteiger partial charge in [0.15, 0.2) is 0 Å². The van der Waals surface area contributed by atoms with Gasteiger partial charge in [-0.2, -0.15) is 0 Å². The van der Waals surface area contributed by atoms with Crippen LogP contribution in [0.2, 0.25) is 15.1 Å². The zero-order valence-corrected chi connectivity index (χ0v) is 15.9. The molecule has 1 aliphatic heterocycles. The van der Waals surface area contributed by atoms with E-state index < -0.39 is 0 Å². The lowest BCUT2D eigenvalue weighted by molar-refractivity contribution is -0.121.